The minimum atomic E-state index is -0.879. The summed E-state index contributed by atoms with van der Waals surface area (Å²) in [6.07, 6.45) is 0.366. The van der Waals surface area contributed by atoms with Gasteiger partial charge in [-0.25, -0.2) is 4.79 Å². The number of alkyl carbamates (subject to hydrolysis) is 1. The Hall–Kier alpha value is -1.40. The van der Waals surface area contributed by atoms with Crippen molar-refractivity contribution in [3.8, 4) is 0 Å². The van der Waals surface area contributed by atoms with Gasteiger partial charge in [0, 0.05) is 26.1 Å². The molecule has 1 saturated heterocycles. The van der Waals surface area contributed by atoms with Gasteiger partial charge in [-0.05, 0) is 5.56 Å². The van der Waals surface area contributed by atoms with Crippen molar-refractivity contribution in [1.29, 1.82) is 0 Å². The van der Waals surface area contributed by atoms with Gasteiger partial charge in [0.2, 0.25) is 0 Å². The second-order valence-electron chi connectivity index (χ2n) is 4.94. The Morgan fingerprint density at radius 3 is 2.52 bits per heavy atom. The van der Waals surface area contributed by atoms with E-state index in [0.29, 0.717) is 26.1 Å². The number of hydrogen-bond donors (Lipinski definition) is 1. The maximum absolute atomic E-state index is 12.1. The third kappa shape index (κ3) is 4.28. The number of carbonyl (C=O) groups is 2. The summed E-state index contributed by atoms with van der Waals surface area (Å²) in [4.78, 5) is 24.1. The lowest BCUT2D eigenvalue weighted by Crippen LogP contribution is -2.58. The zero-order valence-corrected chi connectivity index (χ0v) is 13.2. The number of rotatable bonds is 5. The van der Waals surface area contributed by atoms with E-state index in [4.69, 9.17) is 9.47 Å². The fourth-order valence-electron chi connectivity index (χ4n) is 2.28. The van der Waals surface area contributed by atoms with E-state index < -0.39 is 11.6 Å². The van der Waals surface area contributed by atoms with Crippen LogP contribution in [0.2, 0.25) is 0 Å². The fourth-order valence-corrected chi connectivity index (χ4v) is 2.81. The summed E-state index contributed by atoms with van der Waals surface area (Å²) in [7, 11) is 0. The van der Waals surface area contributed by atoms with Crippen molar-refractivity contribution in [2.24, 2.45) is 0 Å². The van der Waals surface area contributed by atoms with Crippen molar-refractivity contribution in [3.05, 3.63) is 35.9 Å². The van der Waals surface area contributed by atoms with E-state index in [2.05, 4.69) is 21.2 Å². The number of nitrogens with one attached hydrogen (secondary N) is 1. The third-order valence-corrected chi connectivity index (χ3v) is 4.06. The van der Waals surface area contributed by atoms with Crippen LogP contribution in [0.3, 0.4) is 0 Å². The molecule has 1 aliphatic rings. The highest BCUT2D eigenvalue weighted by Crippen LogP contribution is 2.23. The van der Waals surface area contributed by atoms with E-state index in [-0.39, 0.29) is 17.7 Å². The summed E-state index contributed by atoms with van der Waals surface area (Å²) in [6, 6.07) is 9.41. The molecule has 0 spiro atoms. The monoisotopic (exact) mass is 355 g/mol. The molecule has 1 fully saturated rings. The largest absolute Gasteiger partial charge is 0.445 e. The van der Waals surface area contributed by atoms with Crippen LogP contribution in [0, 0.1) is 0 Å². The molecule has 6 heteroatoms. The normalized spacial score (nSPS) is 17.0. The lowest BCUT2D eigenvalue weighted by atomic mass is 9.86. The van der Waals surface area contributed by atoms with Crippen LogP contribution in [0.1, 0.15) is 18.4 Å². The Morgan fingerprint density at radius 2 is 1.90 bits per heavy atom. The molecule has 0 aliphatic carbocycles. The molecule has 114 valence electrons. The second kappa shape index (κ2) is 7.56. The number of halogens is 1. The highest BCUT2D eigenvalue weighted by molar-refractivity contribution is 9.09. The zero-order valence-electron chi connectivity index (χ0n) is 11.6. The van der Waals surface area contributed by atoms with Crippen LogP contribution >= 0.6 is 15.9 Å². The van der Waals surface area contributed by atoms with Gasteiger partial charge < -0.3 is 14.8 Å². The second-order valence-corrected chi connectivity index (χ2v) is 5.50. The summed E-state index contributed by atoms with van der Waals surface area (Å²) in [5.41, 5.74) is 0.0238. The Labute approximate surface area is 132 Å². The molecule has 2 rings (SSSR count). The molecule has 0 bridgehead atoms. The highest BCUT2D eigenvalue weighted by Gasteiger charge is 2.40. The molecule has 0 atom stereocenters. The summed E-state index contributed by atoms with van der Waals surface area (Å²) < 4.78 is 10.5. The molecule has 0 saturated carbocycles. The first kappa shape index (κ1) is 16.0. The van der Waals surface area contributed by atoms with Gasteiger partial charge in [-0.15, -0.1) is 0 Å². The predicted octanol–water partition coefficient (Wildman–Crippen LogP) is 2.43. The molecule has 0 aromatic heterocycles. The van der Waals surface area contributed by atoms with Gasteiger partial charge in [0.1, 0.15) is 12.1 Å². The minimum Gasteiger partial charge on any atom is -0.445 e. The SMILES string of the molecule is O=C(NC1(C(=O)CBr)CCOCC1)OCc1ccccc1. The topological polar surface area (TPSA) is 64.6 Å². The number of Topliss-reactive ketones (excluding diaryl/α,β-unsaturated/α-hetero) is 1. The molecule has 1 N–H and O–H groups in total. The van der Waals surface area contributed by atoms with Crippen LogP contribution in [-0.2, 0) is 20.9 Å². The van der Waals surface area contributed by atoms with E-state index in [1.165, 1.54) is 0 Å². The first-order chi connectivity index (χ1) is 10.2. The molecule has 0 radical (unpaired) electrons. The van der Waals surface area contributed by atoms with Crippen molar-refractivity contribution in [3.63, 3.8) is 0 Å². The van der Waals surface area contributed by atoms with Crippen molar-refractivity contribution in [2.45, 2.75) is 25.0 Å². The van der Waals surface area contributed by atoms with Gasteiger partial charge in [0.05, 0.1) is 5.33 Å². The smallest absolute Gasteiger partial charge is 0.408 e. The number of ether oxygens (including phenoxy) is 2. The van der Waals surface area contributed by atoms with Crippen LogP contribution < -0.4 is 5.32 Å². The van der Waals surface area contributed by atoms with Crippen LogP contribution in [-0.4, -0.2) is 36.0 Å². The lowest BCUT2D eigenvalue weighted by Gasteiger charge is -2.35. The highest BCUT2D eigenvalue weighted by atomic mass is 79.9. The van der Waals surface area contributed by atoms with E-state index in [0.717, 1.165) is 5.56 Å². The van der Waals surface area contributed by atoms with Gasteiger partial charge in [-0.3, -0.25) is 4.79 Å². The average molecular weight is 356 g/mol. The number of benzene rings is 1. The Morgan fingerprint density at radius 1 is 1.24 bits per heavy atom. The first-order valence-electron chi connectivity index (χ1n) is 6.82. The van der Waals surface area contributed by atoms with Crippen molar-refractivity contribution in [1.82, 2.24) is 5.32 Å². The molecule has 1 aliphatic heterocycles. The molecule has 0 unspecified atom stereocenters. The molecule has 1 aromatic carbocycles. The molecule has 21 heavy (non-hydrogen) atoms. The van der Waals surface area contributed by atoms with E-state index in [1.807, 2.05) is 30.3 Å². The van der Waals surface area contributed by atoms with E-state index in [1.54, 1.807) is 0 Å². The Bertz CT molecular complexity index is 486. The van der Waals surface area contributed by atoms with Crippen LogP contribution in [0.25, 0.3) is 0 Å². The van der Waals surface area contributed by atoms with Gasteiger partial charge in [0.15, 0.2) is 5.78 Å². The number of carbonyl (C=O) groups excluding carboxylic acids is 2. The van der Waals surface area contributed by atoms with E-state index >= 15 is 0 Å². The quantitative estimate of drug-likeness (QED) is 0.823. The summed E-state index contributed by atoms with van der Waals surface area (Å²) in [6.45, 7) is 1.09. The number of hydrogen-bond acceptors (Lipinski definition) is 4. The fraction of sp³-hybridized carbons (Fsp3) is 0.467. The summed E-state index contributed by atoms with van der Waals surface area (Å²) in [5.74, 6) is -0.0533. The summed E-state index contributed by atoms with van der Waals surface area (Å²) in [5, 5.41) is 2.93. The Balaban J connectivity index is 1.93. The van der Waals surface area contributed by atoms with Gasteiger partial charge in [-0.1, -0.05) is 46.3 Å². The molecular formula is C15H18BrNO4. The lowest BCUT2D eigenvalue weighted by molar-refractivity contribution is -0.126. The molecular weight excluding hydrogens is 338 g/mol. The molecule has 1 aromatic rings. The molecule has 1 amide bonds. The van der Waals surface area contributed by atoms with Crippen LogP contribution in [0.5, 0.6) is 0 Å². The minimum absolute atomic E-state index is 0.0533. The van der Waals surface area contributed by atoms with Crippen LogP contribution in [0.4, 0.5) is 4.79 Å². The van der Waals surface area contributed by atoms with Crippen molar-refractivity contribution in [2.75, 3.05) is 18.5 Å². The van der Waals surface area contributed by atoms with Crippen molar-refractivity contribution < 1.29 is 19.1 Å². The average Bonchev–Trinajstić information content (AvgIpc) is 2.54. The molecule has 1 heterocycles. The third-order valence-electron chi connectivity index (χ3n) is 3.56. The first-order valence-corrected chi connectivity index (χ1v) is 7.94. The Kier molecular flexibility index (Phi) is 5.76. The number of ketones is 1. The standard InChI is InChI=1S/C15H18BrNO4/c16-10-13(18)15(6-8-20-9-7-15)17-14(19)21-11-12-4-2-1-3-5-12/h1-5H,6-11H2,(H,17,19). The predicted molar refractivity (Wildman–Crippen MR) is 81.3 cm³/mol. The van der Waals surface area contributed by atoms with Gasteiger partial charge in [-0.2, -0.15) is 0 Å². The van der Waals surface area contributed by atoms with E-state index in [9.17, 15) is 9.59 Å². The van der Waals surface area contributed by atoms with Crippen LogP contribution in [0.15, 0.2) is 30.3 Å². The zero-order chi connectivity index (χ0) is 15.1. The number of alkyl halides is 1. The maximum atomic E-state index is 12.1. The van der Waals surface area contributed by atoms with Gasteiger partial charge >= 0.3 is 6.09 Å². The maximum Gasteiger partial charge on any atom is 0.408 e. The number of amides is 1. The van der Waals surface area contributed by atoms with Gasteiger partial charge in [0.25, 0.3) is 0 Å². The van der Waals surface area contributed by atoms with Crippen molar-refractivity contribution >= 4 is 27.8 Å². The molecule has 5 nitrogen and oxygen atoms in total. The summed E-state index contributed by atoms with van der Waals surface area (Å²) >= 11 is 3.17.